The molecule has 0 amide bonds. The molecule has 0 spiro atoms. The Bertz CT molecular complexity index is 688. The second-order valence-electron chi connectivity index (χ2n) is 7.30. The molecule has 25 heavy (non-hydrogen) atoms. The van der Waals surface area contributed by atoms with Crippen molar-refractivity contribution in [3.8, 4) is 11.1 Å². The summed E-state index contributed by atoms with van der Waals surface area (Å²) in [7, 11) is 0. The monoisotopic (exact) mass is 336 g/mol. The lowest BCUT2D eigenvalue weighted by atomic mass is 9.79. The first-order valence-electron chi connectivity index (χ1n) is 9.55. The van der Waals surface area contributed by atoms with Crippen LogP contribution in [0.25, 0.3) is 11.1 Å². The number of rotatable bonds is 6. The van der Waals surface area contributed by atoms with Gasteiger partial charge in [0.05, 0.1) is 5.60 Å². The molecule has 132 valence electrons. The van der Waals surface area contributed by atoms with Crippen LogP contribution >= 0.6 is 0 Å². The number of ketones is 1. The number of aliphatic hydroxyl groups is 1. The average Bonchev–Trinajstić information content (AvgIpc) is 2.65. The third-order valence-electron chi connectivity index (χ3n) is 5.41. The molecule has 0 heterocycles. The van der Waals surface area contributed by atoms with E-state index in [1.165, 1.54) is 36.0 Å². The Kier molecular flexibility index (Phi) is 5.70. The summed E-state index contributed by atoms with van der Waals surface area (Å²) in [5.74, 6) is 0.264. The van der Waals surface area contributed by atoms with Crippen molar-refractivity contribution >= 4 is 5.78 Å². The van der Waals surface area contributed by atoms with E-state index in [1.807, 2.05) is 12.1 Å². The Balaban J connectivity index is 1.69. The van der Waals surface area contributed by atoms with Gasteiger partial charge in [-0.2, -0.15) is 0 Å². The molecule has 0 aliphatic heterocycles. The van der Waals surface area contributed by atoms with Gasteiger partial charge in [-0.3, -0.25) is 4.79 Å². The fourth-order valence-electron chi connectivity index (χ4n) is 3.65. The predicted octanol–water partition coefficient (Wildman–Crippen LogP) is 5.42. The molecule has 0 bridgehead atoms. The number of benzene rings is 2. The third-order valence-corrected chi connectivity index (χ3v) is 5.41. The third kappa shape index (κ3) is 4.38. The Morgan fingerprint density at radius 1 is 0.880 bits per heavy atom. The standard InChI is InChI=1S/C23H28O2/c1-2-3-4-5-18-6-8-19(9-7-18)20-10-12-21(13-11-20)23(25)16-14-22(24)15-17-23/h6-13,25H,2-5,14-17H2,1H3. The van der Waals surface area contributed by atoms with E-state index in [9.17, 15) is 9.90 Å². The van der Waals surface area contributed by atoms with Crippen LogP contribution < -0.4 is 0 Å². The molecule has 0 aromatic heterocycles. The second-order valence-corrected chi connectivity index (χ2v) is 7.30. The van der Waals surface area contributed by atoms with Crippen LogP contribution in [0.15, 0.2) is 48.5 Å². The van der Waals surface area contributed by atoms with Gasteiger partial charge in [0.1, 0.15) is 5.78 Å². The number of carbonyl (C=O) groups excluding carboxylic acids is 1. The maximum atomic E-state index is 11.4. The van der Waals surface area contributed by atoms with E-state index in [1.54, 1.807) is 0 Å². The summed E-state index contributed by atoms with van der Waals surface area (Å²) in [5, 5.41) is 10.8. The molecule has 1 fully saturated rings. The predicted molar refractivity (Wildman–Crippen MR) is 102 cm³/mol. The van der Waals surface area contributed by atoms with Gasteiger partial charge >= 0.3 is 0 Å². The van der Waals surface area contributed by atoms with Crippen molar-refractivity contribution in [3.63, 3.8) is 0 Å². The first-order valence-corrected chi connectivity index (χ1v) is 9.55. The van der Waals surface area contributed by atoms with Crippen LogP contribution in [0.3, 0.4) is 0 Å². The second kappa shape index (κ2) is 7.97. The van der Waals surface area contributed by atoms with Crippen molar-refractivity contribution in [2.24, 2.45) is 0 Å². The van der Waals surface area contributed by atoms with Crippen LogP contribution in [0.1, 0.15) is 63.0 Å². The maximum absolute atomic E-state index is 11.4. The molecule has 3 rings (SSSR count). The molecule has 2 aromatic rings. The van der Waals surface area contributed by atoms with Crippen LogP contribution in [0.5, 0.6) is 0 Å². The van der Waals surface area contributed by atoms with E-state index in [0.717, 1.165) is 12.0 Å². The van der Waals surface area contributed by atoms with Crippen LogP contribution in [0, 0.1) is 0 Å². The smallest absolute Gasteiger partial charge is 0.133 e. The molecule has 0 radical (unpaired) electrons. The van der Waals surface area contributed by atoms with Gasteiger partial charge < -0.3 is 5.11 Å². The molecule has 1 N–H and O–H groups in total. The van der Waals surface area contributed by atoms with Crippen molar-refractivity contribution in [2.45, 2.75) is 63.9 Å². The molecule has 1 aliphatic carbocycles. The minimum Gasteiger partial charge on any atom is -0.385 e. The average molecular weight is 336 g/mol. The summed E-state index contributed by atoms with van der Waals surface area (Å²) in [6.07, 6.45) is 7.00. The number of hydrogen-bond donors (Lipinski definition) is 1. The van der Waals surface area contributed by atoms with Crippen LogP contribution in [0.4, 0.5) is 0 Å². The van der Waals surface area contributed by atoms with Crippen molar-refractivity contribution < 1.29 is 9.90 Å². The van der Waals surface area contributed by atoms with E-state index < -0.39 is 5.60 Å². The Labute approximate surface area is 150 Å². The summed E-state index contributed by atoms with van der Waals surface area (Å²) in [6, 6.07) is 17.0. The fourth-order valence-corrected chi connectivity index (χ4v) is 3.65. The van der Waals surface area contributed by atoms with E-state index in [4.69, 9.17) is 0 Å². The Morgan fingerprint density at radius 2 is 1.44 bits per heavy atom. The van der Waals surface area contributed by atoms with E-state index in [-0.39, 0.29) is 5.78 Å². The van der Waals surface area contributed by atoms with Gasteiger partial charge in [0.25, 0.3) is 0 Å². The SMILES string of the molecule is CCCCCc1ccc(-c2ccc(C3(O)CCC(=O)CC3)cc2)cc1. The van der Waals surface area contributed by atoms with Gasteiger partial charge in [0.15, 0.2) is 0 Å². The first kappa shape index (κ1) is 17.9. The minimum atomic E-state index is -0.838. The van der Waals surface area contributed by atoms with Gasteiger partial charge in [-0.15, -0.1) is 0 Å². The molecule has 1 aliphatic rings. The number of Topliss-reactive ketones (excluding diaryl/α,β-unsaturated/α-hetero) is 1. The normalized spacial score (nSPS) is 16.8. The summed E-state index contributed by atoms with van der Waals surface area (Å²) in [5.41, 5.74) is 3.86. The zero-order chi connectivity index (χ0) is 17.7. The van der Waals surface area contributed by atoms with Crippen molar-refractivity contribution in [1.82, 2.24) is 0 Å². The van der Waals surface area contributed by atoms with Gasteiger partial charge in [0, 0.05) is 12.8 Å². The van der Waals surface area contributed by atoms with Crippen molar-refractivity contribution in [3.05, 3.63) is 59.7 Å². The zero-order valence-corrected chi connectivity index (χ0v) is 15.1. The number of carbonyl (C=O) groups is 1. The van der Waals surface area contributed by atoms with Gasteiger partial charge in [-0.1, -0.05) is 68.3 Å². The largest absolute Gasteiger partial charge is 0.385 e. The molecule has 0 unspecified atom stereocenters. The molecule has 1 saturated carbocycles. The molecule has 2 nitrogen and oxygen atoms in total. The van der Waals surface area contributed by atoms with Crippen LogP contribution in [-0.2, 0) is 16.8 Å². The lowest BCUT2D eigenvalue weighted by molar-refractivity contribution is -0.125. The molecular formula is C23H28O2. The highest BCUT2D eigenvalue weighted by atomic mass is 16.3. The highest BCUT2D eigenvalue weighted by Crippen LogP contribution is 2.36. The van der Waals surface area contributed by atoms with Gasteiger partial charge in [-0.05, 0) is 47.9 Å². The molecule has 2 aromatic carbocycles. The fraction of sp³-hybridized carbons (Fsp3) is 0.435. The van der Waals surface area contributed by atoms with Gasteiger partial charge in [0.2, 0.25) is 0 Å². The van der Waals surface area contributed by atoms with E-state index >= 15 is 0 Å². The highest BCUT2D eigenvalue weighted by molar-refractivity contribution is 5.79. The highest BCUT2D eigenvalue weighted by Gasteiger charge is 2.33. The Hall–Kier alpha value is -1.93. The molecule has 0 saturated heterocycles. The molecule has 0 atom stereocenters. The molecule has 2 heteroatoms. The summed E-state index contributed by atoms with van der Waals surface area (Å²) < 4.78 is 0. The van der Waals surface area contributed by atoms with Gasteiger partial charge in [-0.25, -0.2) is 0 Å². The quantitative estimate of drug-likeness (QED) is 0.715. The maximum Gasteiger partial charge on any atom is 0.133 e. The van der Waals surface area contributed by atoms with E-state index in [2.05, 4.69) is 43.3 Å². The van der Waals surface area contributed by atoms with Crippen LogP contribution in [0.2, 0.25) is 0 Å². The minimum absolute atomic E-state index is 0.264. The number of aryl methyl sites for hydroxylation is 1. The van der Waals surface area contributed by atoms with Crippen molar-refractivity contribution in [1.29, 1.82) is 0 Å². The summed E-state index contributed by atoms with van der Waals surface area (Å²) in [6.45, 7) is 2.23. The summed E-state index contributed by atoms with van der Waals surface area (Å²) in [4.78, 5) is 11.4. The summed E-state index contributed by atoms with van der Waals surface area (Å²) >= 11 is 0. The first-order chi connectivity index (χ1) is 12.1. The van der Waals surface area contributed by atoms with Crippen molar-refractivity contribution in [2.75, 3.05) is 0 Å². The lowest BCUT2D eigenvalue weighted by Gasteiger charge is -2.32. The van der Waals surface area contributed by atoms with E-state index in [0.29, 0.717) is 25.7 Å². The number of unbranched alkanes of at least 4 members (excludes halogenated alkanes) is 2. The zero-order valence-electron chi connectivity index (χ0n) is 15.1. The topological polar surface area (TPSA) is 37.3 Å². The van der Waals surface area contributed by atoms with Crippen LogP contribution in [-0.4, -0.2) is 10.9 Å². The lowest BCUT2D eigenvalue weighted by Crippen LogP contribution is -2.31. The Morgan fingerprint density at radius 3 is 2.00 bits per heavy atom. The molecular weight excluding hydrogens is 308 g/mol. The number of hydrogen-bond acceptors (Lipinski definition) is 2.